The highest BCUT2D eigenvalue weighted by molar-refractivity contribution is 6.73. The fourth-order valence-electron chi connectivity index (χ4n) is 4.15. The van der Waals surface area contributed by atoms with E-state index in [9.17, 15) is 9.59 Å². The van der Waals surface area contributed by atoms with Gasteiger partial charge in [0, 0.05) is 30.1 Å². The monoisotopic (exact) mass is 486 g/mol. The maximum absolute atomic E-state index is 13.1. The summed E-state index contributed by atoms with van der Waals surface area (Å²) >= 11 is 0. The van der Waals surface area contributed by atoms with Gasteiger partial charge >= 0.3 is 5.97 Å². The van der Waals surface area contributed by atoms with Gasteiger partial charge in [-0.15, -0.1) is 0 Å². The number of rotatable bonds is 13. The van der Waals surface area contributed by atoms with Crippen LogP contribution in [0, 0.1) is 0 Å². The molecule has 5 heteroatoms. The van der Waals surface area contributed by atoms with Crippen LogP contribution in [0.1, 0.15) is 42.9 Å². The zero-order valence-corrected chi connectivity index (χ0v) is 21.5. The Morgan fingerprint density at radius 3 is 1.54 bits per heavy atom. The summed E-state index contributed by atoms with van der Waals surface area (Å²) < 4.78 is 11.6. The molecule has 3 aromatic carbocycles. The van der Waals surface area contributed by atoms with Crippen LogP contribution in [0.2, 0.25) is 0 Å². The standard InChI is InChI=1S/C30H34O4Si/c1-25(2)30(32)33-21-13-12-20-29(31)34-35(22-26-14-6-3-7-15-26,23-27-16-8-4-9-17-27)24-28-18-10-5-11-19-28/h3-11,14-19H,1,12-13,20-24H2,2H3. The summed E-state index contributed by atoms with van der Waals surface area (Å²) in [6.45, 7) is 5.48. The molecule has 0 aromatic heterocycles. The second kappa shape index (κ2) is 13.4. The molecular weight excluding hydrogens is 452 g/mol. The van der Waals surface area contributed by atoms with Gasteiger partial charge in [0.05, 0.1) is 6.61 Å². The SMILES string of the molecule is C=C(C)C(=O)OCCCCC(=O)O[Si](Cc1ccccc1)(Cc1ccccc1)Cc1ccccc1. The molecule has 0 radical (unpaired) electrons. The number of unbranched alkanes of at least 4 members (excludes halogenated alkanes) is 1. The lowest BCUT2D eigenvalue weighted by Gasteiger charge is -2.32. The van der Waals surface area contributed by atoms with E-state index in [1.165, 1.54) is 16.7 Å². The first-order valence-electron chi connectivity index (χ1n) is 12.1. The van der Waals surface area contributed by atoms with E-state index < -0.39 is 14.3 Å². The predicted molar refractivity (Wildman–Crippen MR) is 142 cm³/mol. The van der Waals surface area contributed by atoms with Gasteiger partial charge in [0.1, 0.15) is 0 Å². The van der Waals surface area contributed by atoms with Crippen LogP contribution in [0.5, 0.6) is 0 Å². The fourth-order valence-corrected chi connectivity index (χ4v) is 8.27. The van der Waals surface area contributed by atoms with E-state index >= 15 is 0 Å². The van der Waals surface area contributed by atoms with Gasteiger partial charge in [-0.3, -0.25) is 4.79 Å². The average Bonchev–Trinajstić information content (AvgIpc) is 2.85. The first-order chi connectivity index (χ1) is 17.0. The van der Waals surface area contributed by atoms with Crippen LogP contribution in [0.25, 0.3) is 0 Å². The van der Waals surface area contributed by atoms with Crippen molar-refractivity contribution in [3.8, 4) is 0 Å². The Kier molecular flexibility index (Phi) is 10.1. The molecule has 0 bridgehead atoms. The third-order valence-corrected chi connectivity index (χ3v) is 9.61. The molecule has 0 amide bonds. The molecule has 3 rings (SSSR count). The number of carbonyl (C=O) groups is 2. The van der Waals surface area contributed by atoms with Crippen LogP contribution >= 0.6 is 0 Å². The van der Waals surface area contributed by atoms with E-state index in [0.29, 0.717) is 24.8 Å². The Labute approximate surface area is 209 Å². The second-order valence-electron chi connectivity index (χ2n) is 9.02. The Hall–Kier alpha value is -3.44. The third-order valence-electron chi connectivity index (χ3n) is 5.79. The second-order valence-corrected chi connectivity index (χ2v) is 12.6. The van der Waals surface area contributed by atoms with Crippen molar-refractivity contribution in [2.45, 2.75) is 44.3 Å². The van der Waals surface area contributed by atoms with Crippen molar-refractivity contribution < 1.29 is 18.8 Å². The van der Waals surface area contributed by atoms with Crippen LogP contribution in [0.15, 0.2) is 103 Å². The van der Waals surface area contributed by atoms with Crippen molar-refractivity contribution in [1.82, 2.24) is 0 Å². The van der Waals surface area contributed by atoms with E-state index in [-0.39, 0.29) is 12.6 Å². The third kappa shape index (κ3) is 9.02. The van der Waals surface area contributed by atoms with E-state index in [1.807, 2.05) is 54.6 Å². The lowest BCUT2D eigenvalue weighted by atomic mass is 10.2. The predicted octanol–water partition coefficient (Wildman–Crippen LogP) is 6.11. The topological polar surface area (TPSA) is 52.6 Å². The molecule has 0 spiro atoms. The molecule has 0 fully saturated rings. The van der Waals surface area contributed by atoms with Crippen LogP contribution in [0.3, 0.4) is 0 Å². The van der Waals surface area contributed by atoms with E-state index in [0.717, 1.165) is 18.1 Å². The number of esters is 1. The maximum atomic E-state index is 13.1. The van der Waals surface area contributed by atoms with Crippen molar-refractivity contribution in [2.24, 2.45) is 0 Å². The van der Waals surface area contributed by atoms with E-state index in [2.05, 4.69) is 43.0 Å². The van der Waals surface area contributed by atoms with Crippen LogP contribution in [-0.2, 0) is 36.9 Å². The Morgan fingerprint density at radius 1 is 0.714 bits per heavy atom. The molecule has 35 heavy (non-hydrogen) atoms. The summed E-state index contributed by atoms with van der Waals surface area (Å²) in [4.78, 5) is 24.7. The number of carbonyl (C=O) groups excluding carboxylic acids is 2. The maximum Gasteiger partial charge on any atom is 0.333 e. The largest absolute Gasteiger partial charge is 0.518 e. The minimum Gasteiger partial charge on any atom is -0.518 e. The van der Waals surface area contributed by atoms with Gasteiger partial charge in [0.25, 0.3) is 14.3 Å². The molecule has 182 valence electrons. The molecular formula is C30H34O4Si. The lowest BCUT2D eigenvalue weighted by molar-refractivity contribution is -0.139. The Morgan fingerprint density at radius 2 is 1.14 bits per heavy atom. The number of ether oxygens (including phenoxy) is 1. The zero-order valence-electron chi connectivity index (χ0n) is 20.5. The summed E-state index contributed by atoms with van der Waals surface area (Å²) in [5.41, 5.74) is 3.93. The van der Waals surface area contributed by atoms with Gasteiger partial charge in [-0.1, -0.05) is 97.6 Å². The molecule has 0 unspecified atom stereocenters. The summed E-state index contributed by atoms with van der Waals surface area (Å²) in [5.74, 6) is -0.571. The van der Waals surface area contributed by atoms with Crippen molar-refractivity contribution in [2.75, 3.05) is 6.61 Å². The molecule has 0 saturated carbocycles. The highest BCUT2D eigenvalue weighted by atomic mass is 28.4. The van der Waals surface area contributed by atoms with E-state index in [4.69, 9.17) is 9.16 Å². The van der Waals surface area contributed by atoms with Crippen LogP contribution in [-0.4, -0.2) is 26.9 Å². The highest BCUT2D eigenvalue weighted by Crippen LogP contribution is 2.25. The van der Waals surface area contributed by atoms with Crippen molar-refractivity contribution in [1.29, 1.82) is 0 Å². The number of hydrogen-bond acceptors (Lipinski definition) is 4. The normalized spacial score (nSPS) is 11.0. The van der Waals surface area contributed by atoms with Gasteiger partial charge in [0.2, 0.25) is 0 Å². The average molecular weight is 487 g/mol. The summed E-state index contributed by atoms with van der Waals surface area (Å²) in [5, 5.41) is 0. The number of hydrogen-bond donors (Lipinski definition) is 0. The molecule has 0 saturated heterocycles. The quantitative estimate of drug-likeness (QED) is 0.127. The van der Waals surface area contributed by atoms with Gasteiger partial charge < -0.3 is 9.16 Å². The van der Waals surface area contributed by atoms with Crippen molar-refractivity contribution in [3.05, 3.63) is 120 Å². The van der Waals surface area contributed by atoms with Gasteiger partial charge in [-0.25, -0.2) is 4.79 Å². The molecule has 0 aliphatic rings. The molecule has 0 aliphatic heterocycles. The minimum atomic E-state index is -2.63. The molecule has 0 atom stereocenters. The molecule has 0 N–H and O–H groups in total. The fraction of sp³-hybridized carbons (Fsp3) is 0.267. The first-order valence-corrected chi connectivity index (χ1v) is 14.6. The Balaban J connectivity index is 1.77. The zero-order chi connectivity index (χ0) is 24.9. The lowest BCUT2D eigenvalue weighted by Crippen LogP contribution is -2.49. The summed E-state index contributed by atoms with van der Waals surface area (Å²) in [6.07, 6.45) is 1.52. The van der Waals surface area contributed by atoms with E-state index in [1.54, 1.807) is 6.92 Å². The molecule has 3 aromatic rings. The highest BCUT2D eigenvalue weighted by Gasteiger charge is 2.39. The Bertz CT molecular complexity index is 980. The van der Waals surface area contributed by atoms with Gasteiger partial charge in [-0.2, -0.15) is 0 Å². The summed E-state index contributed by atoms with van der Waals surface area (Å²) in [7, 11) is -2.63. The van der Waals surface area contributed by atoms with Gasteiger partial charge in [-0.05, 0) is 36.5 Å². The molecule has 0 aliphatic carbocycles. The first kappa shape index (κ1) is 26.2. The van der Waals surface area contributed by atoms with Crippen molar-refractivity contribution in [3.63, 3.8) is 0 Å². The van der Waals surface area contributed by atoms with Crippen LogP contribution in [0.4, 0.5) is 0 Å². The van der Waals surface area contributed by atoms with Crippen molar-refractivity contribution >= 4 is 20.3 Å². The molecule has 0 heterocycles. The number of benzene rings is 3. The molecule has 4 nitrogen and oxygen atoms in total. The van der Waals surface area contributed by atoms with Crippen LogP contribution < -0.4 is 0 Å². The van der Waals surface area contributed by atoms with Gasteiger partial charge in [0.15, 0.2) is 0 Å². The minimum absolute atomic E-state index is 0.175. The smallest absolute Gasteiger partial charge is 0.333 e. The summed E-state index contributed by atoms with van der Waals surface area (Å²) in [6, 6.07) is 33.2.